The fourth-order valence-corrected chi connectivity index (χ4v) is 8.51. The van der Waals surface area contributed by atoms with E-state index in [4.69, 9.17) is 4.98 Å². The first-order valence-corrected chi connectivity index (χ1v) is 15.8. The number of thiazole rings is 1. The van der Waals surface area contributed by atoms with Gasteiger partial charge in [-0.2, -0.15) is 0 Å². The minimum absolute atomic E-state index is 0.876. The molecule has 0 aliphatic carbocycles. The number of aromatic nitrogens is 1. The topological polar surface area (TPSA) is 25.2 Å². The molecule has 0 saturated heterocycles. The minimum atomic E-state index is 0.876. The molecule has 40 heavy (non-hydrogen) atoms. The van der Waals surface area contributed by atoms with E-state index in [9.17, 15) is 0 Å². The molecule has 0 aliphatic rings. The predicted molar refractivity (Wildman–Crippen MR) is 180 cm³/mol. The summed E-state index contributed by atoms with van der Waals surface area (Å²) >= 11 is 5.35. The highest BCUT2D eigenvalue weighted by Crippen LogP contribution is 2.47. The van der Waals surface area contributed by atoms with Crippen LogP contribution < -0.4 is 0 Å². The van der Waals surface area contributed by atoms with Crippen LogP contribution in [0.2, 0.25) is 0 Å². The Balaban J connectivity index is 1.54. The Hall–Kier alpha value is -4.03. The second-order valence-electron chi connectivity index (χ2n) is 9.91. The molecule has 190 valence electrons. The molecule has 0 spiro atoms. The van der Waals surface area contributed by atoms with Crippen LogP contribution in [0.5, 0.6) is 0 Å². The maximum absolute atomic E-state index is 4.73. The highest BCUT2D eigenvalue weighted by molar-refractivity contribution is 8.01. The first-order valence-electron chi connectivity index (χ1n) is 13.1. The van der Waals surface area contributed by atoms with Crippen molar-refractivity contribution >= 4 is 104 Å². The monoisotopic (exact) mass is 566 g/mol. The predicted octanol–water partition coefficient (Wildman–Crippen LogP) is 11.2. The van der Waals surface area contributed by atoms with Gasteiger partial charge in [0.1, 0.15) is 5.01 Å². The van der Waals surface area contributed by atoms with Gasteiger partial charge in [0.15, 0.2) is 0 Å². The van der Waals surface area contributed by atoms with Crippen LogP contribution in [-0.4, -0.2) is 11.7 Å². The highest BCUT2D eigenvalue weighted by Gasteiger charge is 2.19. The number of aliphatic imine (C=N–C) groups is 1. The number of benzene rings is 6. The van der Waals surface area contributed by atoms with E-state index in [2.05, 4.69) is 102 Å². The highest BCUT2D eigenvalue weighted by atomic mass is 32.2. The lowest BCUT2D eigenvalue weighted by Gasteiger charge is -2.12. The third kappa shape index (κ3) is 3.77. The lowest BCUT2D eigenvalue weighted by atomic mass is 9.92. The van der Waals surface area contributed by atoms with Gasteiger partial charge in [-0.05, 0) is 97.2 Å². The number of hydrogen-bond donors (Lipinski definition) is 0. The van der Waals surface area contributed by atoms with Crippen molar-refractivity contribution in [3.8, 4) is 10.6 Å². The molecule has 5 heteroatoms. The molecule has 8 rings (SSSR count). The molecule has 0 N–H and O–H groups in total. The fraction of sp³-hybridized carbons (Fsp3) is 0.0286. The maximum Gasteiger partial charge on any atom is 0.123 e. The van der Waals surface area contributed by atoms with Gasteiger partial charge in [0.2, 0.25) is 0 Å². The molecule has 0 saturated carbocycles. The van der Waals surface area contributed by atoms with E-state index in [1.165, 1.54) is 74.4 Å². The normalized spacial score (nSPS) is 12.2. The van der Waals surface area contributed by atoms with Crippen molar-refractivity contribution in [2.24, 2.45) is 4.99 Å². The Labute approximate surface area is 243 Å². The van der Waals surface area contributed by atoms with E-state index in [0.29, 0.717) is 0 Å². The van der Waals surface area contributed by atoms with E-state index in [0.717, 1.165) is 10.8 Å². The summed E-state index contributed by atoms with van der Waals surface area (Å²) in [6.07, 6.45) is 3.66. The van der Waals surface area contributed by atoms with Crippen LogP contribution in [0.1, 0.15) is 5.56 Å². The number of nitrogens with zero attached hydrogens (tertiary/aromatic N) is 2. The van der Waals surface area contributed by atoms with Crippen LogP contribution in [0.3, 0.4) is 0 Å². The molecule has 0 fully saturated rings. The number of hydrogen-bond acceptors (Lipinski definition) is 5. The van der Waals surface area contributed by atoms with E-state index in [-0.39, 0.29) is 0 Å². The minimum Gasteiger partial charge on any atom is -0.272 e. The van der Waals surface area contributed by atoms with Crippen LogP contribution in [0, 0.1) is 0 Å². The van der Waals surface area contributed by atoms with Gasteiger partial charge < -0.3 is 0 Å². The van der Waals surface area contributed by atoms with Crippen LogP contribution in [0.15, 0.2) is 113 Å². The zero-order valence-corrected chi connectivity index (χ0v) is 23.9. The third-order valence-corrected chi connectivity index (χ3v) is 10.3. The van der Waals surface area contributed by atoms with E-state index in [1.54, 1.807) is 29.3 Å². The molecule has 8 aromatic rings. The summed E-state index contributed by atoms with van der Waals surface area (Å²) in [6.45, 7) is 3.57. The quantitative estimate of drug-likeness (QED) is 0.153. The van der Waals surface area contributed by atoms with E-state index < -0.39 is 0 Å². The first kappa shape index (κ1) is 23.8. The maximum atomic E-state index is 4.73. The molecule has 2 aromatic heterocycles. The molecule has 0 radical (unpaired) electrons. The van der Waals surface area contributed by atoms with Crippen molar-refractivity contribution in [3.05, 3.63) is 114 Å². The van der Waals surface area contributed by atoms with Crippen LogP contribution in [0.25, 0.3) is 73.8 Å². The standard InChI is InChI=1S/C35H22N2S3/c1-36-10-12-38-20-25-18-31-33(28-16-23-8-4-2-6-21(23)14-26(25)28)34-29-17-24-9-5-3-7-22(24)15-27(29)30(19-32(34)40-31)35-37-11-13-39-35/h2-19H,1,20H2/b12-10-. The zero-order valence-electron chi connectivity index (χ0n) is 21.4. The van der Waals surface area contributed by atoms with Crippen molar-refractivity contribution in [1.29, 1.82) is 0 Å². The Kier molecular flexibility index (Phi) is 5.69. The summed E-state index contributed by atoms with van der Waals surface area (Å²) in [6, 6.07) is 31.7. The van der Waals surface area contributed by atoms with Gasteiger partial charge in [-0.1, -0.05) is 48.5 Å². The summed E-state index contributed by atoms with van der Waals surface area (Å²) in [7, 11) is 0. The van der Waals surface area contributed by atoms with Gasteiger partial charge in [0, 0.05) is 49.3 Å². The Morgan fingerprint density at radius 2 is 1.35 bits per heavy atom. The molecule has 2 heterocycles. The van der Waals surface area contributed by atoms with Gasteiger partial charge in [0.05, 0.1) is 0 Å². The van der Waals surface area contributed by atoms with Gasteiger partial charge in [-0.3, -0.25) is 4.99 Å². The molecule has 2 nitrogen and oxygen atoms in total. The summed E-state index contributed by atoms with van der Waals surface area (Å²) in [5, 5.41) is 18.1. The molecule has 0 atom stereocenters. The smallest absolute Gasteiger partial charge is 0.123 e. The van der Waals surface area contributed by atoms with E-state index in [1.807, 2.05) is 22.9 Å². The molecule has 0 bridgehead atoms. The SMILES string of the molecule is C=N/C=C\SCc1cc2sc3cc(-c4nccs4)c4cc5ccccc5cc4c3c2c2cc3ccccc3cc12. The number of thiophene rings is 1. The first-order chi connectivity index (χ1) is 19.8. The van der Waals surface area contributed by atoms with Crippen molar-refractivity contribution in [1.82, 2.24) is 4.98 Å². The Bertz CT molecular complexity index is 2290. The second kappa shape index (κ2) is 9.56. The molecule has 6 aromatic carbocycles. The third-order valence-electron chi connectivity index (χ3n) is 7.65. The van der Waals surface area contributed by atoms with Gasteiger partial charge in [-0.25, -0.2) is 4.98 Å². The van der Waals surface area contributed by atoms with E-state index >= 15 is 0 Å². The van der Waals surface area contributed by atoms with Crippen molar-refractivity contribution in [2.45, 2.75) is 5.75 Å². The molecule has 0 aliphatic heterocycles. The zero-order chi connectivity index (χ0) is 26.6. The summed E-state index contributed by atoms with van der Waals surface area (Å²) < 4.78 is 2.63. The van der Waals surface area contributed by atoms with Crippen molar-refractivity contribution < 1.29 is 0 Å². The second-order valence-corrected chi connectivity index (χ2v) is 12.8. The lowest BCUT2D eigenvalue weighted by Crippen LogP contribution is -1.87. The molecular formula is C35H22N2S3. The fourth-order valence-electron chi connectivity index (χ4n) is 5.91. The van der Waals surface area contributed by atoms with Crippen LogP contribution >= 0.6 is 34.4 Å². The van der Waals surface area contributed by atoms with Crippen molar-refractivity contribution in [2.75, 3.05) is 0 Å². The summed E-state index contributed by atoms with van der Waals surface area (Å²) in [5.74, 6) is 0.876. The van der Waals surface area contributed by atoms with Gasteiger partial charge in [0.25, 0.3) is 0 Å². The number of fused-ring (bicyclic) bond motifs is 9. The molecule has 0 unspecified atom stereocenters. The summed E-state index contributed by atoms with van der Waals surface area (Å²) in [4.78, 5) is 8.60. The molecule has 0 amide bonds. The van der Waals surface area contributed by atoms with Crippen molar-refractivity contribution in [3.63, 3.8) is 0 Å². The number of rotatable bonds is 5. The summed E-state index contributed by atoms with van der Waals surface area (Å²) in [5.41, 5.74) is 2.55. The van der Waals surface area contributed by atoms with Gasteiger partial charge in [-0.15, -0.1) is 34.4 Å². The lowest BCUT2D eigenvalue weighted by molar-refractivity contribution is 1.43. The number of thioether (sulfide) groups is 1. The van der Waals surface area contributed by atoms with Crippen LogP contribution in [0.4, 0.5) is 0 Å². The average molecular weight is 567 g/mol. The van der Waals surface area contributed by atoms with Crippen LogP contribution in [-0.2, 0) is 5.75 Å². The van der Waals surface area contributed by atoms with Gasteiger partial charge >= 0.3 is 0 Å². The molecular weight excluding hydrogens is 545 g/mol. The Morgan fingerprint density at radius 1 is 0.750 bits per heavy atom. The Morgan fingerprint density at radius 3 is 1.98 bits per heavy atom. The average Bonchev–Trinajstić information content (AvgIpc) is 3.65. The largest absolute Gasteiger partial charge is 0.272 e.